The van der Waals surface area contributed by atoms with Gasteiger partial charge in [-0.15, -0.1) is 0 Å². The van der Waals surface area contributed by atoms with Crippen molar-refractivity contribution in [1.82, 2.24) is 5.32 Å². The fourth-order valence-corrected chi connectivity index (χ4v) is 3.10. The molecular weight excluding hydrogens is 296 g/mol. The van der Waals surface area contributed by atoms with Crippen molar-refractivity contribution < 1.29 is 19.1 Å². The predicted octanol–water partition coefficient (Wildman–Crippen LogP) is 2.22. The predicted molar refractivity (Wildman–Crippen MR) is 85.6 cm³/mol. The number of benzene rings is 1. The van der Waals surface area contributed by atoms with Gasteiger partial charge in [-0.05, 0) is 25.0 Å². The van der Waals surface area contributed by atoms with Crippen LogP contribution in [0.15, 0.2) is 18.2 Å². The summed E-state index contributed by atoms with van der Waals surface area (Å²) in [5.41, 5.74) is 0.718. The topological polar surface area (TPSA) is 67.9 Å². The highest BCUT2D eigenvalue weighted by atomic mass is 16.7. The normalized spacial score (nSPS) is 16.4. The molecule has 0 atom stereocenters. The third-order valence-electron chi connectivity index (χ3n) is 4.33. The number of nitrogens with zero attached hydrogens (tertiary/aromatic N) is 1. The molecule has 6 nitrogen and oxygen atoms in total. The molecule has 6 heteroatoms. The maximum atomic E-state index is 12.1. The number of anilines is 1. The minimum atomic E-state index is -0.0995. The van der Waals surface area contributed by atoms with Crippen LogP contribution in [0.1, 0.15) is 39.0 Å². The summed E-state index contributed by atoms with van der Waals surface area (Å²) in [5.74, 6) is 1.21. The molecule has 0 aromatic heterocycles. The third kappa shape index (κ3) is 3.75. The summed E-state index contributed by atoms with van der Waals surface area (Å²) < 4.78 is 10.6. The average Bonchev–Trinajstić information content (AvgIpc) is 3.17. The standard InChI is InChI=1S/C17H22N2O4/c1-12(20)19(9-8-17(21)18-13-4-2-3-5-13)14-6-7-15-16(10-14)23-11-22-15/h6-7,10,13H,2-5,8-9,11H2,1H3,(H,18,21). The Bertz CT molecular complexity index is 596. The van der Waals surface area contributed by atoms with Crippen molar-refractivity contribution in [3.8, 4) is 11.5 Å². The Hall–Kier alpha value is -2.24. The zero-order valence-corrected chi connectivity index (χ0v) is 13.3. The largest absolute Gasteiger partial charge is 0.454 e. The molecule has 1 fully saturated rings. The van der Waals surface area contributed by atoms with Crippen molar-refractivity contribution in [2.24, 2.45) is 0 Å². The highest BCUT2D eigenvalue weighted by Crippen LogP contribution is 2.35. The quantitative estimate of drug-likeness (QED) is 0.904. The van der Waals surface area contributed by atoms with Gasteiger partial charge in [0.2, 0.25) is 18.6 Å². The Kier molecular flexibility index (Phi) is 4.69. The molecule has 0 bridgehead atoms. The van der Waals surface area contributed by atoms with E-state index < -0.39 is 0 Å². The number of ether oxygens (including phenoxy) is 2. The number of hydrogen-bond donors (Lipinski definition) is 1. The first-order valence-electron chi connectivity index (χ1n) is 8.10. The molecule has 2 aliphatic rings. The van der Waals surface area contributed by atoms with E-state index in [9.17, 15) is 9.59 Å². The molecule has 1 heterocycles. The average molecular weight is 318 g/mol. The van der Waals surface area contributed by atoms with Gasteiger partial charge >= 0.3 is 0 Å². The first-order valence-corrected chi connectivity index (χ1v) is 8.10. The van der Waals surface area contributed by atoms with Gasteiger partial charge in [-0.2, -0.15) is 0 Å². The molecule has 0 radical (unpaired) electrons. The second-order valence-electron chi connectivity index (χ2n) is 6.01. The molecule has 1 aromatic carbocycles. The zero-order chi connectivity index (χ0) is 16.2. The maximum absolute atomic E-state index is 12.1. The van der Waals surface area contributed by atoms with Gasteiger partial charge in [-0.1, -0.05) is 12.8 Å². The minimum Gasteiger partial charge on any atom is -0.454 e. The monoisotopic (exact) mass is 318 g/mol. The van der Waals surface area contributed by atoms with Crippen LogP contribution in [0.3, 0.4) is 0 Å². The fraction of sp³-hybridized carbons (Fsp3) is 0.529. The summed E-state index contributed by atoms with van der Waals surface area (Å²) in [5, 5.41) is 3.04. The van der Waals surface area contributed by atoms with Gasteiger partial charge in [0, 0.05) is 37.7 Å². The number of fused-ring (bicyclic) bond motifs is 1. The molecular formula is C17H22N2O4. The summed E-state index contributed by atoms with van der Waals surface area (Å²) in [6.45, 7) is 2.05. The molecule has 1 N–H and O–H groups in total. The lowest BCUT2D eigenvalue weighted by molar-refractivity contribution is -0.121. The van der Waals surface area contributed by atoms with E-state index in [1.54, 1.807) is 17.0 Å². The van der Waals surface area contributed by atoms with Crippen LogP contribution in [-0.4, -0.2) is 31.2 Å². The number of hydrogen-bond acceptors (Lipinski definition) is 4. The van der Waals surface area contributed by atoms with Crippen LogP contribution in [0, 0.1) is 0 Å². The van der Waals surface area contributed by atoms with Crippen molar-refractivity contribution in [1.29, 1.82) is 0 Å². The highest BCUT2D eigenvalue weighted by Gasteiger charge is 2.20. The molecule has 1 saturated carbocycles. The summed E-state index contributed by atoms with van der Waals surface area (Å²) in [4.78, 5) is 25.6. The van der Waals surface area contributed by atoms with Crippen LogP contribution in [-0.2, 0) is 9.59 Å². The summed E-state index contributed by atoms with van der Waals surface area (Å²) >= 11 is 0. The molecule has 1 aliphatic heterocycles. The van der Waals surface area contributed by atoms with Crippen molar-refractivity contribution >= 4 is 17.5 Å². The third-order valence-corrected chi connectivity index (χ3v) is 4.33. The van der Waals surface area contributed by atoms with E-state index in [-0.39, 0.29) is 18.6 Å². The van der Waals surface area contributed by atoms with Gasteiger partial charge in [0.05, 0.1) is 0 Å². The molecule has 0 spiro atoms. The number of amides is 2. The van der Waals surface area contributed by atoms with E-state index in [4.69, 9.17) is 9.47 Å². The van der Waals surface area contributed by atoms with Crippen molar-refractivity contribution in [3.05, 3.63) is 18.2 Å². The summed E-state index contributed by atoms with van der Waals surface area (Å²) in [6.07, 6.45) is 4.78. The Morgan fingerprint density at radius 1 is 1.22 bits per heavy atom. The van der Waals surface area contributed by atoms with E-state index in [1.165, 1.54) is 19.8 Å². The Labute approximate surface area is 135 Å². The van der Waals surface area contributed by atoms with Crippen LogP contribution in [0.4, 0.5) is 5.69 Å². The lowest BCUT2D eigenvalue weighted by atomic mass is 10.2. The molecule has 124 valence electrons. The van der Waals surface area contributed by atoms with Crippen molar-refractivity contribution in [3.63, 3.8) is 0 Å². The van der Waals surface area contributed by atoms with E-state index in [1.807, 2.05) is 6.07 Å². The highest BCUT2D eigenvalue weighted by molar-refractivity contribution is 5.92. The Morgan fingerprint density at radius 3 is 2.70 bits per heavy atom. The van der Waals surface area contributed by atoms with Gasteiger partial charge in [0.25, 0.3) is 0 Å². The molecule has 1 aliphatic carbocycles. The van der Waals surface area contributed by atoms with Crippen LogP contribution >= 0.6 is 0 Å². The first kappa shape index (κ1) is 15.6. The number of nitrogens with one attached hydrogen (secondary N) is 1. The Balaban J connectivity index is 1.60. The van der Waals surface area contributed by atoms with Crippen LogP contribution in [0.2, 0.25) is 0 Å². The summed E-state index contributed by atoms with van der Waals surface area (Å²) in [7, 11) is 0. The number of carbonyl (C=O) groups is 2. The molecule has 0 unspecified atom stereocenters. The van der Waals surface area contributed by atoms with Gasteiger partial charge < -0.3 is 19.7 Å². The van der Waals surface area contributed by atoms with Crippen LogP contribution < -0.4 is 19.7 Å². The molecule has 23 heavy (non-hydrogen) atoms. The van der Waals surface area contributed by atoms with Gasteiger partial charge in [-0.25, -0.2) is 0 Å². The summed E-state index contributed by atoms with van der Waals surface area (Å²) in [6, 6.07) is 5.67. The van der Waals surface area contributed by atoms with Gasteiger partial charge in [0.15, 0.2) is 11.5 Å². The van der Waals surface area contributed by atoms with Crippen LogP contribution in [0.25, 0.3) is 0 Å². The van der Waals surface area contributed by atoms with E-state index in [2.05, 4.69) is 5.32 Å². The molecule has 0 saturated heterocycles. The second kappa shape index (κ2) is 6.89. The molecule has 1 aromatic rings. The lowest BCUT2D eigenvalue weighted by Gasteiger charge is -2.22. The van der Waals surface area contributed by atoms with Gasteiger partial charge in [0.1, 0.15) is 0 Å². The minimum absolute atomic E-state index is 0.00360. The van der Waals surface area contributed by atoms with Crippen LogP contribution in [0.5, 0.6) is 11.5 Å². The smallest absolute Gasteiger partial charge is 0.231 e. The number of carbonyl (C=O) groups excluding carboxylic acids is 2. The van der Waals surface area contributed by atoms with Crippen molar-refractivity contribution in [2.45, 2.75) is 45.1 Å². The SMILES string of the molecule is CC(=O)N(CCC(=O)NC1CCCC1)c1ccc2c(c1)OCO2. The lowest BCUT2D eigenvalue weighted by Crippen LogP contribution is -2.37. The van der Waals surface area contributed by atoms with E-state index in [0.717, 1.165) is 18.5 Å². The molecule has 3 rings (SSSR count). The maximum Gasteiger partial charge on any atom is 0.231 e. The van der Waals surface area contributed by atoms with Gasteiger partial charge in [-0.3, -0.25) is 9.59 Å². The number of rotatable bonds is 5. The fourth-order valence-electron chi connectivity index (χ4n) is 3.10. The van der Waals surface area contributed by atoms with E-state index in [0.29, 0.717) is 30.5 Å². The van der Waals surface area contributed by atoms with E-state index >= 15 is 0 Å². The molecule has 2 amide bonds. The first-order chi connectivity index (χ1) is 11.1. The second-order valence-corrected chi connectivity index (χ2v) is 6.01. The zero-order valence-electron chi connectivity index (χ0n) is 13.3. The Morgan fingerprint density at radius 2 is 1.96 bits per heavy atom. The van der Waals surface area contributed by atoms with Crippen molar-refractivity contribution in [2.75, 3.05) is 18.2 Å².